The van der Waals surface area contributed by atoms with E-state index in [0.29, 0.717) is 37.4 Å². The largest absolute Gasteiger partial charge is 0.433 e. The molecule has 1 amide bonds. The van der Waals surface area contributed by atoms with Gasteiger partial charge >= 0.3 is 6.18 Å². The van der Waals surface area contributed by atoms with Crippen molar-refractivity contribution in [3.63, 3.8) is 0 Å². The molecule has 2 aromatic heterocycles. The molecule has 6 nitrogen and oxygen atoms in total. The molecule has 0 radical (unpaired) electrons. The Bertz CT molecular complexity index is 1070. The van der Waals surface area contributed by atoms with E-state index in [2.05, 4.69) is 15.1 Å². The topological polar surface area (TPSA) is 62.9 Å². The van der Waals surface area contributed by atoms with Crippen molar-refractivity contribution in [2.75, 3.05) is 19.6 Å². The zero-order valence-corrected chi connectivity index (χ0v) is 17.4. The highest BCUT2D eigenvalue weighted by Gasteiger charge is 2.36. The number of hydrogen-bond donors (Lipinski definition) is 0. The average Bonchev–Trinajstić information content (AvgIpc) is 3.38. The number of carbonyl (C=O) groups excluding carboxylic acids is 1. The molecule has 0 bridgehead atoms. The Kier molecular flexibility index (Phi) is 5.68. The predicted octanol–water partition coefficient (Wildman–Crippen LogP) is 4.00. The van der Waals surface area contributed by atoms with Gasteiger partial charge in [-0.25, -0.2) is 9.50 Å². The number of hydrogen-bond acceptors (Lipinski definition) is 4. The number of nitrogens with zero attached hydrogens (tertiary/aromatic N) is 5. The van der Waals surface area contributed by atoms with Gasteiger partial charge in [0.25, 0.3) is 0 Å². The number of aliphatic imine (C=N–C) groups is 1. The average molecular weight is 431 g/mol. The Labute approximate surface area is 178 Å². The molecule has 0 spiro atoms. The first-order valence-corrected chi connectivity index (χ1v) is 10.3. The fourth-order valence-corrected chi connectivity index (χ4v) is 3.84. The summed E-state index contributed by atoms with van der Waals surface area (Å²) in [6.45, 7) is 5.19. The van der Waals surface area contributed by atoms with Gasteiger partial charge < -0.3 is 4.90 Å². The molecule has 1 fully saturated rings. The van der Waals surface area contributed by atoms with Gasteiger partial charge in [0, 0.05) is 49.4 Å². The molecule has 9 heteroatoms. The highest BCUT2D eigenvalue weighted by atomic mass is 19.4. The van der Waals surface area contributed by atoms with E-state index in [-0.39, 0.29) is 29.3 Å². The van der Waals surface area contributed by atoms with Crippen LogP contribution in [-0.4, -0.2) is 51.3 Å². The standard InChI is InChI=1S/C22H24F3N5O/c1-14(2)17-10-19(22(23,24)25)30-20(27-17)11-18(28-30)16-7-9-29(13-16)21(31)6-5-15-4-3-8-26-12-15/h3-6,8,10-11,14-16H,7,9,12-13H2,1-2H3/b6-5+/t15?,16-/m0/s1. The molecule has 4 heterocycles. The summed E-state index contributed by atoms with van der Waals surface area (Å²) >= 11 is 0. The van der Waals surface area contributed by atoms with Crippen LogP contribution in [-0.2, 0) is 11.0 Å². The summed E-state index contributed by atoms with van der Waals surface area (Å²) in [7, 11) is 0. The van der Waals surface area contributed by atoms with Gasteiger partial charge in [0.1, 0.15) is 5.69 Å². The minimum Gasteiger partial charge on any atom is -0.338 e. The molecule has 0 aromatic carbocycles. The van der Waals surface area contributed by atoms with Crippen LogP contribution in [0.5, 0.6) is 0 Å². The first-order chi connectivity index (χ1) is 14.7. The number of alkyl halides is 3. The number of allylic oxidation sites excluding steroid dienone is 1. The molecule has 164 valence electrons. The van der Waals surface area contributed by atoms with Crippen LogP contribution < -0.4 is 0 Å². The maximum absolute atomic E-state index is 13.6. The molecular weight excluding hydrogens is 407 g/mol. The van der Waals surface area contributed by atoms with Gasteiger partial charge in [0.15, 0.2) is 5.65 Å². The summed E-state index contributed by atoms with van der Waals surface area (Å²) in [5.41, 5.74) is 0.260. The van der Waals surface area contributed by atoms with Crippen LogP contribution in [0.15, 0.2) is 41.4 Å². The van der Waals surface area contributed by atoms with Crippen molar-refractivity contribution in [2.45, 2.75) is 38.3 Å². The van der Waals surface area contributed by atoms with E-state index in [1.807, 2.05) is 18.2 Å². The van der Waals surface area contributed by atoms with Gasteiger partial charge in [-0.3, -0.25) is 9.79 Å². The second kappa shape index (κ2) is 8.28. The lowest BCUT2D eigenvalue weighted by molar-refractivity contribution is -0.142. The first kappa shape index (κ1) is 21.3. The van der Waals surface area contributed by atoms with Gasteiger partial charge in [-0.1, -0.05) is 26.0 Å². The lowest BCUT2D eigenvalue weighted by Crippen LogP contribution is -2.26. The summed E-state index contributed by atoms with van der Waals surface area (Å²) in [6, 6.07) is 2.67. The minimum absolute atomic E-state index is 0.104. The van der Waals surface area contributed by atoms with Crippen molar-refractivity contribution in [3.8, 4) is 0 Å². The zero-order valence-electron chi connectivity index (χ0n) is 17.4. The van der Waals surface area contributed by atoms with Crippen LogP contribution >= 0.6 is 0 Å². The molecule has 2 atom stereocenters. The fraction of sp³-hybridized carbons (Fsp3) is 0.455. The molecule has 31 heavy (non-hydrogen) atoms. The predicted molar refractivity (Wildman–Crippen MR) is 111 cm³/mol. The van der Waals surface area contributed by atoms with E-state index in [4.69, 9.17) is 0 Å². The second-order valence-electron chi connectivity index (χ2n) is 8.25. The maximum atomic E-state index is 13.6. The molecule has 0 saturated carbocycles. The Hall–Kier alpha value is -2.97. The maximum Gasteiger partial charge on any atom is 0.433 e. The number of amides is 1. The summed E-state index contributed by atoms with van der Waals surface area (Å²) in [5.74, 6) is -0.263. The van der Waals surface area contributed by atoms with Gasteiger partial charge in [-0.15, -0.1) is 0 Å². The minimum atomic E-state index is -4.53. The van der Waals surface area contributed by atoms with E-state index < -0.39 is 11.9 Å². The normalized spacial score (nSPS) is 21.8. The zero-order chi connectivity index (χ0) is 22.2. The summed E-state index contributed by atoms with van der Waals surface area (Å²) < 4.78 is 41.7. The summed E-state index contributed by atoms with van der Waals surface area (Å²) in [6.07, 6.45) is 5.07. The van der Waals surface area contributed by atoms with Crippen LogP contribution in [0.3, 0.4) is 0 Å². The van der Waals surface area contributed by atoms with Gasteiger partial charge in [0.2, 0.25) is 5.91 Å². The summed E-state index contributed by atoms with van der Waals surface area (Å²) in [4.78, 5) is 22.8. The molecular formula is C22H24F3N5O. The fourth-order valence-electron chi connectivity index (χ4n) is 3.84. The first-order valence-electron chi connectivity index (χ1n) is 10.3. The number of halogens is 3. The third kappa shape index (κ3) is 4.55. The van der Waals surface area contributed by atoms with Gasteiger partial charge in [-0.2, -0.15) is 18.3 Å². The van der Waals surface area contributed by atoms with Crippen molar-refractivity contribution < 1.29 is 18.0 Å². The quantitative estimate of drug-likeness (QED) is 0.688. The van der Waals surface area contributed by atoms with Crippen LogP contribution in [0.2, 0.25) is 0 Å². The van der Waals surface area contributed by atoms with Crippen LogP contribution in [0.4, 0.5) is 13.2 Å². The number of fused-ring (bicyclic) bond motifs is 1. The lowest BCUT2D eigenvalue weighted by atomic mass is 10.1. The number of carbonyl (C=O) groups is 1. The molecule has 1 saturated heterocycles. The highest BCUT2D eigenvalue weighted by molar-refractivity contribution is 5.88. The van der Waals surface area contributed by atoms with Crippen molar-refractivity contribution >= 4 is 17.8 Å². The van der Waals surface area contributed by atoms with E-state index in [0.717, 1.165) is 10.6 Å². The Morgan fingerprint density at radius 1 is 1.29 bits per heavy atom. The van der Waals surface area contributed by atoms with E-state index >= 15 is 0 Å². The number of dihydropyridines is 1. The van der Waals surface area contributed by atoms with Crippen LogP contribution in [0.1, 0.15) is 49.2 Å². The van der Waals surface area contributed by atoms with E-state index in [1.54, 1.807) is 37.1 Å². The summed E-state index contributed by atoms with van der Waals surface area (Å²) in [5, 5.41) is 4.23. The number of rotatable bonds is 4. The van der Waals surface area contributed by atoms with Gasteiger partial charge in [-0.05, 0) is 30.6 Å². The monoisotopic (exact) mass is 431 g/mol. The van der Waals surface area contributed by atoms with Crippen molar-refractivity contribution in [1.29, 1.82) is 0 Å². The molecule has 2 aliphatic heterocycles. The molecule has 2 aromatic rings. The van der Waals surface area contributed by atoms with E-state index in [9.17, 15) is 18.0 Å². The Balaban J connectivity index is 1.53. The number of likely N-dealkylation sites (tertiary alicyclic amines) is 1. The van der Waals surface area contributed by atoms with Crippen molar-refractivity contribution in [3.05, 3.63) is 53.5 Å². The smallest absolute Gasteiger partial charge is 0.338 e. The van der Waals surface area contributed by atoms with Crippen molar-refractivity contribution in [2.24, 2.45) is 10.9 Å². The van der Waals surface area contributed by atoms with Crippen LogP contribution in [0.25, 0.3) is 5.65 Å². The lowest BCUT2D eigenvalue weighted by Gasteiger charge is -2.14. The molecule has 2 aliphatic rings. The SMILES string of the molecule is CC(C)c1cc(C(F)(F)F)n2nc([C@H]3CCN(C(=O)/C=C/C4C=CC=NC4)C3)cc2n1. The van der Waals surface area contributed by atoms with E-state index in [1.165, 1.54) is 0 Å². The third-order valence-electron chi connectivity index (χ3n) is 5.62. The van der Waals surface area contributed by atoms with Gasteiger partial charge in [0.05, 0.1) is 5.69 Å². The Morgan fingerprint density at radius 3 is 2.77 bits per heavy atom. The highest BCUT2D eigenvalue weighted by Crippen LogP contribution is 2.33. The van der Waals surface area contributed by atoms with Crippen molar-refractivity contribution in [1.82, 2.24) is 19.5 Å². The molecule has 0 aliphatic carbocycles. The molecule has 1 unspecified atom stereocenters. The van der Waals surface area contributed by atoms with Crippen LogP contribution in [0, 0.1) is 5.92 Å². The third-order valence-corrected chi connectivity index (χ3v) is 5.62. The number of aromatic nitrogens is 3. The molecule has 4 rings (SSSR count). The molecule has 0 N–H and O–H groups in total. The Morgan fingerprint density at radius 2 is 2.10 bits per heavy atom. The second-order valence-corrected chi connectivity index (χ2v) is 8.25.